The first kappa shape index (κ1) is 19.4. The summed E-state index contributed by atoms with van der Waals surface area (Å²) in [4.78, 5) is 2.45. The summed E-state index contributed by atoms with van der Waals surface area (Å²) in [5, 5.41) is 0. The van der Waals surface area contributed by atoms with Crippen molar-refractivity contribution >= 4 is 10.0 Å². The summed E-state index contributed by atoms with van der Waals surface area (Å²) in [5.41, 5.74) is 2.10. The molecular formula is C19H26N2O3S. The molecule has 6 heteroatoms. The van der Waals surface area contributed by atoms with E-state index >= 15 is 0 Å². The van der Waals surface area contributed by atoms with Crippen LogP contribution in [0.5, 0.6) is 5.75 Å². The molecule has 0 radical (unpaired) electrons. The minimum absolute atomic E-state index is 0.227. The number of hydrogen-bond donors (Lipinski definition) is 1. The number of nitrogens with one attached hydrogen (secondary N) is 1. The van der Waals surface area contributed by atoms with Crippen LogP contribution in [0, 0.1) is 0 Å². The van der Waals surface area contributed by atoms with Crippen LogP contribution >= 0.6 is 0 Å². The van der Waals surface area contributed by atoms with E-state index in [-0.39, 0.29) is 11.4 Å². The molecule has 0 amide bonds. The number of benzene rings is 2. The maximum Gasteiger partial charge on any atom is 0.240 e. The van der Waals surface area contributed by atoms with Gasteiger partial charge >= 0.3 is 0 Å². The van der Waals surface area contributed by atoms with E-state index in [1.54, 1.807) is 31.4 Å². The van der Waals surface area contributed by atoms with E-state index in [2.05, 4.69) is 30.5 Å². The molecule has 2 aromatic rings. The summed E-state index contributed by atoms with van der Waals surface area (Å²) >= 11 is 0. The van der Waals surface area contributed by atoms with Crippen molar-refractivity contribution in [1.29, 1.82) is 0 Å². The second kappa shape index (κ2) is 8.47. The zero-order valence-corrected chi connectivity index (χ0v) is 16.0. The lowest BCUT2D eigenvalue weighted by atomic mass is 10.1. The Bertz CT molecular complexity index is 787. The van der Waals surface area contributed by atoms with Gasteiger partial charge in [0, 0.05) is 19.1 Å². The molecule has 1 N–H and O–H groups in total. The van der Waals surface area contributed by atoms with Crippen LogP contribution < -0.4 is 9.46 Å². The molecule has 2 rings (SSSR count). The average molecular weight is 362 g/mol. The molecule has 0 unspecified atom stereocenters. The number of nitrogens with zero attached hydrogens (tertiary/aromatic N) is 1. The lowest BCUT2D eigenvalue weighted by Gasteiger charge is -2.22. The fraction of sp³-hybridized carbons (Fsp3) is 0.368. The molecule has 5 nitrogen and oxygen atoms in total. The van der Waals surface area contributed by atoms with Gasteiger partial charge in [-0.2, -0.15) is 0 Å². The third-order valence-corrected chi connectivity index (χ3v) is 5.66. The van der Waals surface area contributed by atoms with E-state index in [4.69, 9.17) is 4.74 Å². The summed E-state index contributed by atoms with van der Waals surface area (Å²) < 4.78 is 32.7. The molecule has 25 heavy (non-hydrogen) atoms. The third kappa shape index (κ3) is 5.29. The summed E-state index contributed by atoms with van der Waals surface area (Å²) in [7, 11) is 0.0428. The molecule has 136 valence electrons. The van der Waals surface area contributed by atoms with Gasteiger partial charge in [0.05, 0.1) is 12.0 Å². The Kier molecular flexibility index (Phi) is 6.58. The lowest BCUT2D eigenvalue weighted by Crippen LogP contribution is -2.27. The van der Waals surface area contributed by atoms with Gasteiger partial charge in [-0.3, -0.25) is 4.90 Å². The monoisotopic (exact) mass is 362 g/mol. The first-order valence-electron chi connectivity index (χ1n) is 8.24. The van der Waals surface area contributed by atoms with E-state index in [0.29, 0.717) is 11.8 Å². The number of methoxy groups -OCH3 is 1. The third-order valence-electron chi connectivity index (χ3n) is 4.24. The van der Waals surface area contributed by atoms with Gasteiger partial charge < -0.3 is 4.74 Å². The number of sulfonamides is 1. The molecule has 0 bridgehead atoms. The van der Waals surface area contributed by atoms with Crippen LogP contribution in [0.2, 0.25) is 0 Å². The Morgan fingerprint density at radius 3 is 2.20 bits per heavy atom. The molecule has 0 saturated heterocycles. The Morgan fingerprint density at radius 1 is 1.04 bits per heavy atom. The van der Waals surface area contributed by atoms with Crippen molar-refractivity contribution in [2.45, 2.75) is 37.9 Å². The molecule has 0 aromatic heterocycles. The van der Waals surface area contributed by atoms with Crippen LogP contribution in [0.4, 0.5) is 0 Å². The van der Waals surface area contributed by atoms with E-state index in [1.165, 1.54) is 0 Å². The first-order chi connectivity index (χ1) is 11.8. The summed E-state index contributed by atoms with van der Waals surface area (Å²) in [6.45, 7) is 5.30. The van der Waals surface area contributed by atoms with Gasteiger partial charge in [0.25, 0.3) is 0 Å². The highest BCUT2D eigenvalue weighted by Crippen LogP contribution is 2.17. The highest BCUT2D eigenvalue weighted by molar-refractivity contribution is 7.89. The van der Waals surface area contributed by atoms with Crippen molar-refractivity contribution in [2.75, 3.05) is 14.2 Å². The van der Waals surface area contributed by atoms with Crippen LogP contribution in [0.25, 0.3) is 0 Å². The minimum Gasteiger partial charge on any atom is -0.497 e. The smallest absolute Gasteiger partial charge is 0.240 e. The molecule has 0 aliphatic heterocycles. The van der Waals surface area contributed by atoms with Gasteiger partial charge in [-0.25, -0.2) is 13.1 Å². The predicted molar refractivity (Wildman–Crippen MR) is 100 cm³/mol. The standard InChI is InChI=1S/C19H26N2O3S/c1-15(2)21(3)14-17-8-6-5-7-16(17)13-20-25(22,23)19-11-9-18(24-4)10-12-19/h5-12,15,20H,13-14H2,1-4H3. The molecule has 0 saturated carbocycles. The summed E-state index contributed by atoms with van der Waals surface area (Å²) in [5.74, 6) is 0.626. The van der Waals surface area contributed by atoms with Crippen LogP contribution in [0.3, 0.4) is 0 Å². The summed E-state index contributed by atoms with van der Waals surface area (Å²) in [6.07, 6.45) is 0. The highest BCUT2D eigenvalue weighted by atomic mass is 32.2. The lowest BCUT2D eigenvalue weighted by molar-refractivity contribution is 0.265. The quantitative estimate of drug-likeness (QED) is 0.784. The van der Waals surface area contributed by atoms with Crippen LogP contribution in [-0.4, -0.2) is 33.5 Å². The fourth-order valence-electron chi connectivity index (χ4n) is 2.35. The second-order valence-corrected chi connectivity index (χ2v) is 8.04. The largest absolute Gasteiger partial charge is 0.497 e. The van der Waals surface area contributed by atoms with Crippen LogP contribution in [0.1, 0.15) is 25.0 Å². The predicted octanol–water partition coefficient (Wildman–Crippen LogP) is 3.01. The van der Waals surface area contributed by atoms with E-state index < -0.39 is 10.0 Å². The van der Waals surface area contributed by atoms with Gasteiger partial charge in [-0.15, -0.1) is 0 Å². The highest BCUT2D eigenvalue weighted by Gasteiger charge is 2.15. The van der Waals surface area contributed by atoms with Gasteiger partial charge in [0.2, 0.25) is 10.0 Å². The molecule has 0 aliphatic rings. The zero-order valence-electron chi connectivity index (χ0n) is 15.2. The molecule has 0 fully saturated rings. The average Bonchev–Trinajstić information content (AvgIpc) is 2.61. The zero-order chi connectivity index (χ0) is 18.4. The summed E-state index contributed by atoms with van der Waals surface area (Å²) in [6, 6.07) is 14.7. The maximum atomic E-state index is 12.5. The van der Waals surface area contributed by atoms with Gasteiger partial charge in [0.15, 0.2) is 0 Å². The normalized spacial score (nSPS) is 11.9. The number of hydrogen-bond acceptors (Lipinski definition) is 4. The van der Waals surface area contributed by atoms with E-state index in [9.17, 15) is 8.42 Å². The Hall–Kier alpha value is -1.89. The Morgan fingerprint density at radius 2 is 1.64 bits per heavy atom. The van der Waals surface area contributed by atoms with Crippen molar-refractivity contribution in [3.63, 3.8) is 0 Å². The van der Waals surface area contributed by atoms with Gasteiger partial charge in [0.1, 0.15) is 5.75 Å². The van der Waals surface area contributed by atoms with Crippen LogP contribution in [-0.2, 0) is 23.1 Å². The van der Waals surface area contributed by atoms with E-state index in [1.807, 2.05) is 24.3 Å². The molecule has 0 atom stereocenters. The van der Waals surface area contributed by atoms with Crippen molar-refractivity contribution in [3.8, 4) is 5.75 Å². The number of ether oxygens (including phenoxy) is 1. The Labute approximate surface area is 150 Å². The van der Waals surface area contributed by atoms with Gasteiger partial charge in [-0.05, 0) is 56.3 Å². The van der Waals surface area contributed by atoms with Crippen LogP contribution in [0.15, 0.2) is 53.4 Å². The SMILES string of the molecule is COc1ccc(S(=O)(=O)NCc2ccccc2CN(C)C(C)C)cc1. The molecule has 2 aromatic carbocycles. The van der Waals surface area contributed by atoms with E-state index in [0.717, 1.165) is 17.7 Å². The number of rotatable bonds is 8. The maximum absolute atomic E-state index is 12.5. The fourth-order valence-corrected chi connectivity index (χ4v) is 3.35. The molecular weight excluding hydrogens is 336 g/mol. The molecule has 0 aliphatic carbocycles. The minimum atomic E-state index is -3.56. The Balaban J connectivity index is 2.12. The van der Waals surface area contributed by atoms with Crippen molar-refractivity contribution in [2.24, 2.45) is 0 Å². The van der Waals surface area contributed by atoms with Gasteiger partial charge in [-0.1, -0.05) is 24.3 Å². The van der Waals surface area contributed by atoms with Crippen molar-refractivity contribution in [1.82, 2.24) is 9.62 Å². The van der Waals surface area contributed by atoms with Crippen molar-refractivity contribution in [3.05, 3.63) is 59.7 Å². The second-order valence-electron chi connectivity index (χ2n) is 6.28. The van der Waals surface area contributed by atoms with Crippen molar-refractivity contribution < 1.29 is 13.2 Å². The molecule has 0 spiro atoms. The topological polar surface area (TPSA) is 58.6 Å². The first-order valence-corrected chi connectivity index (χ1v) is 9.72. The molecule has 0 heterocycles.